The molecule has 0 saturated carbocycles. The zero-order valence-electron chi connectivity index (χ0n) is 16.0. The minimum atomic E-state index is -0.292. The Morgan fingerprint density at radius 3 is 2.70 bits per heavy atom. The van der Waals surface area contributed by atoms with Crippen molar-refractivity contribution in [3.8, 4) is 22.8 Å². The Morgan fingerprint density at radius 2 is 1.90 bits per heavy atom. The first-order valence-electron chi connectivity index (χ1n) is 9.39. The lowest BCUT2D eigenvalue weighted by Gasteiger charge is -2.08. The summed E-state index contributed by atoms with van der Waals surface area (Å²) in [6.45, 7) is 0.454. The highest BCUT2D eigenvalue weighted by molar-refractivity contribution is 5.75. The average molecular weight is 402 g/mol. The first kappa shape index (κ1) is 19.3. The molecule has 0 aliphatic heterocycles. The van der Waals surface area contributed by atoms with E-state index in [9.17, 15) is 9.18 Å². The van der Waals surface area contributed by atoms with Crippen LogP contribution in [-0.4, -0.2) is 20.7 Å². The summed E-state index contributed by atoms with van der Waals surface area (Å²) in [6, 6.07) is 19.1. The molecule has 0 spiro atoms. The lowest BCUT2D eigenvalue weighted by atomic mass is 10.1. The number of rotatable bonds is 7. The number of hydrogen-bond donors (Lipinski definition) is 1. The van der Waals surface area contributed by atoms with Crippen LogP contribution in [0.25, 0.3) is 11.1 Å². The van der Waals surface area contributed by atoms with Crippen LogP contribution >= 0.6 is 0 Å². The molecule has 1 N–H and O–H groups in total. The molecule has 0 aliphatic carbocycles. The van der Waals surface area contributed by atoms with Gasteiger partial charge in [0.15, 0.2) is 0 Å². The van der Waals surface area contributed by atoms with Crippen LogP contribution in [-0.2, 0) is 17.9 Å². The molecular weight excluding hydrogens is 383 g/mol. The summed E-state index contributed by atoms with van der Waals surface area (Å²) in [4.78, 5) is 16.4. The molecule has 0 radical (unpaired) electrons. The van der Waals surface area contributed by atoms with E-state index in [0.29, 0.717) is 18.2 Å². The number of halogens is 1. The van der Waals surface area contributed by atoms with Crippen LogP contribution < -0.4 is 10.1 Å². The molecule has 30 heavy (non-hydrogen) atoms. The fraction of sp³-hybridized carbons (Fsp3) is 0.0870. The largest absolute Gasteiger partial charge is 0.439 e. The van der Waals surface area contributed by atoms with Crippen LogP contribution in [0.5, 0.6) is 11.6 Å². The molecular formula is C23H19FN4O2. The SMILES string of the molecule is O=C(Cn1cc(-c2ccc(F)cc2)cn1)NCc1cccc(Oc2ccccn2)c1. The molecule has 0 bridgehead atoms. The zero-order chi connectivity index (χ0) is 20.8. The molecule has 0 atom stereocenters. The van der Waals surface area contributed by atoms with Crippen LogP contribution in [0.2, 0.25) is 0 Å². The summed E-state index contributed by atoms with van der Waals surface area (Å²) in [7, 11) is 0. The Bertz CT molecular complexity index is 1130. The molecule has 4 rings (SSSR count). The van der Waals surface area contributed by atoms with Crippen molar-refractivity contribution < 1.29 is 13.9 Å². The third-order valence-corrected chi connectivity index (χ3v) is 4.36. The van der Waals surface area contributed by atoms with Gasteiger partial charge in [0.1, 0.15) is 18.1 Å². The number of hydrogen-bond acceptors (Lipinski definition) is 4. The van der Waals surface area contributed by atoms with Crippen LogP contribution in [0, 0.1) is 5.82 Å². The van der Waals surface area contributed by atoms with E-state index in [0.717, 1.165) is 16.7 Å². The Kier molecular flexibility index (Phi) is 5.80. The van der Waals surface area contributed by atoms with Gasteiger partial charge in [0.25, 0.3) is 0 Å². The van der Waals surface area contributed by atoms with Gasteiger partial charge in [-0.3, -0.25) is 9.48 Å². The Hall–Kier alpha value is -4.00. The molecule has 2 heterocycles. The maximum Gasteiger partial charge on any atom is 0.241 e. The Balaban J connectivity index is 1.32. The third kappa shape index (κ3) is 5.08. The van der Waals surface area contributed by atoms with Crippen LogP contribution in [0.1, 0.15) is 5.56 Å². The molecule has 0 saturated heterocycles. The Morgan fingerprint density at radius 1 is 1.03 bits per heavy atom. The standard InChI is InChI=1S/C23H19FN4O2/c24-20-9-7-18(8-10-20)19-14-27-28(15-19)16-22(29)26-13-17-4-3-5-21(12-17)30-23-6-1-2-11-25-23/h1-12,14-15H,13,16H2,(H,26,29). The number of amides is 1. The third-order valence-electron chi connectivity index (χ3n) is 4.36. The minimum Gasteiger partial charge on any atom is -0.439 e. The second-order valence-electron chi connectivity index (χ2n) is 6.63. The van der Waals surface area contributed by atoms with E-state index in [1.165, 1.54) is 12.1 Å². The van der Waals surface area contributed by atoms with Crippen LogP contribution in [0.4, 0.5) is 4.39 Å². The first-order valence-corrected chi connectivity index (χ1v) is 9.39. The van der Waals surface area contributed by atoms with Gasteiger partial charge in [-0.1, -0.05) is 30.3 Å². The van der Waals surface area contributed by atoms with E-state index >= 15 is 0 Å². The topological polar surface area (TPSA) is 69.0 Å². The van der Waals surface area contributed by atoms with Gasteiger partial charge in [-0.15, -0.1) is 0 Å². The molecule has 4 aromatic rings. The van der Waals surface area contributed by atoms with E-state index in [4.69, 9.17) is 4.74 Å². The number of carbonyl (C=O) groups excluding carboxylic acids is 1. The van der Waals surface area contributed by atoms with Gasteiger partial charge in [0.2, 0.25) is 11.8 Å². The summed E-state index contributed by atoms with van der Waals surface area (Å²) >= 11 is 0. The van der Waals surface area contributed by atoms with Gasteiger partial charge in [-0.2, -0.15) is 5.10 Å². The van der Waals surface area contributed by atoms with E-state index in [1.54, 1.807) is 41.5 Å². The zero-order valence-corrected chi connectivity index (χ0v) is 16.0. The molecule has 1 amide bonds. The molecule has 0 unspecified atom stereocenters. The van der Waals surface area contributed by atoms with Crippen molar-refractivity contribution in [3.63, 3.8) is 0 Å². The fourth-order valence-electron chi connectivity index (χ4n) is 2.89. The van der Waals surface area contributed by atoms with Gasteiger partial charge >= 0.3 is 0 Å². The predicted molar refractivity (Wildman–Crippen MR) is 110 cm³/mol. The van der Waals surface area contributed by atoms with Crippen LogP contribution in [0.15, 0.2) is 85.3 Å². The number of ether oxygens (including phenoxy) is 1. The van der Waals surface area contributed by atoms with Crippen molar-refractivity contribution >= 4 is 5.91 Å². The maximum atomic E-state index is 13.1. The monoisotopic (exact) mass is 402 g/mol. The normalized spacial score (nSPS) is 10.6. The highest BCUT2D eigenvalue weighted by atomic mass is 19.1. The first-order chi connectivity index (χ1) is 14.7. The lowest BCUT2D eigenvalue weighted by Crippen LogP contribution is -2.27. The van der Waals surface area contributed by atoms with Crippen molar-refractivity contribution in [2.75, 3.05) is 0 Å². The summed E-state index contributed by atoms with van der Waals surface area (Å²) in [5.74, 6) is 0.700. The van der Waals surface area contributed by atoms with Gasteiger partial charge in [0, 0.05) is 30.6 Å². The second kappa shape index (κ2) is 9.00. The second-order valence-corrected chi connectivity index (χ2v) is 6.63. The summed E-state index contributed by atoms with van der Waals surface area (Å²) < 4.78 is 20.3. The highest BCUT2D eigenvalue weighted by Crippen LogP contribution is 2.20. The summed E-state index contributed by atoms with van der Waals surface area (Å²) in [5.41, 5.74) is 2.57. The van der Waals surface area contributed by atoms with Gasteiger partial charge in [-0.25, -0.2) is 9.37 Å². The molecule has 2 aromatic heterocycles. The minimum absolute atomic E-state index is 0.0886. The van der Waals surface area contributed by atoms with Crippen molar-refractivity contribution in [1.82, 2.24) is 20.1 Å². The summed E-state index contributed by atoms with van der Waals surface area (Å²) in [5, 5.41) is 7.08. The van der Waals surface area contributed by atoms with Gasteiger partial charge < -0.3 is 10.1 Å². The molecule has 0 aliphatic rings. The lowest BCUT2D eigenvalue weighted by molar-refractivity contribution is -0.122. The van der Waals surface area contributed by atoms with Crippen molar-refractivity contribution in [2.45, 2.75) is 13.1 Å². The fourth-order valence-corrected chi connectivity index (χ4v) is 2.89. The average Bonchev–Trinajstić information content (AvgIpc) is 3.22. The number of nitrogens with zero attached hydrogens (tertiary/aromatic N) is 3. The molecule has 2 aromatic carbocycles. The smallest absolute Gasteiger partial charge is 0.241 e. The number of aromatic nitrogens is 3. The van der Waals surface area contributed by atoms with E-state index in [2.05, 4.69) is 15.4 Å². The summed E-state index contributed by atoms with van der Waals surface area (Å²) in [6.07, 6.45) is 5.07. The maximum absolute atomic E-state index is 13.1. The van der Waals surface area contributed by atoms with E-state index in [-0.39, 0.29) is 18.3 Å². The quantitative estimate of drug-likeness (QED) is 0.503. The molecule has 0 fully saturated rings. The van der Waals surface area contributed by atoms with Crippen molar-refractivity contribution in [2.24, 2.45) is 0 Å². The van der Waals surface area contributed by atoms with Gasteiger partial charge in [-0.05, 0) is 41.5 Å². The number of carbonyl (C=O) groups is 1. The number of pyridine rings is 1. The van der Waals surface area contributed by atoms with Crippen molar-refractivity contribution in [3.05, 3.63) is 96.7 Å². The number of nitrogens with one attached hydrogen (secondary N) is 1. The molecule has 150 valence electrons. The van der Waals surface area contributed by atoms with Crippen LogP contribution in [0.3, 0.4) is 0 Å². The highest BCUT2D eigenvalue weighted by Gasteiger charge is 2.07. The number of benzene rings is 2. The van der Waals surface area contributed by atoms with E-state index < -0.39 is 0 Å². The van der Waals surface area contributed by atoms with Gasteiger partial charge in [0.05, 0.1) is 6.20 Å². The predicted octanol–water partition coefficient (Wildman–Crippen LogP) is 4.19. The molecule has 7 heteroatoms. The molecule has 6 nitrogen and oxygen atoms in total. The van der Waals surface area contributed by atoms with Crippen molar-refractivity contribution in [1.29, 1.82) is 0 Å². The Labute approximate surface area is 173 Å². The van der Waals surface area contributed by atoms with E-state index in [1.807, 2.05) is 36.4 Å².